The minimum absolute atomic E-state index is 0.113. The molecule has 3 heteroatoms. The van der Waals surface area contributed by atoms with E-state index in [0.29, 0.717) is 6.04 Å². The molecule has 0 spiro atoms. The van der Waals surface area contributed by atoms with E-state index in [1.54, 1.807) is 0 Å². The number of piperidine rings is 1. The maximum atomic E-state index is 10.9. The van der Waals surface area contributed by atoms with Gasteiger partial charge in [0, 0.05) is 19.5 Å². The fourth-order valence-corrected chi connectivity index (χ4v) is 2.70. The van der Waals surface area contributed by atoms with Gasteiger partial charge in [0.15, 0.2) is 0 Å². The molecule has 1 aliphatic carbocycles. The van der Waals surface area contributed by atoms with Crippen LogP contribution in [0.5, 0.6) is 0 Å². The molecule has 2 rings (SSSR count). The van der Waals surface area contributed by atoms with Crippen molar-refractivity contribution in [3.63, 3.8) is 0 Å². The van der Waals surface area contributed by atoms with Crippen LogP contribution >= 0.6 is 0 Å². The summed E-state index contributed by atoms with van der Waals surface area (Å²) in [5.74, 6) is -0.147. The second kappa shape index (κ2) is 5.48. The van der Waals surface area contributed by atoms with Gasteiger partial charge in [0.25, 0.3) is 0 Å². The van der Waals surface area contributed by atoms with Gasteiger partial charge in [-0.1, -0.05) is 12.2 Å². The van der Waals surface area contributed by atoms with Crippen molar-refractivity contribution >= 4 is 5.97 Å². The van der Waals surface area contributed by atoms with Crippen LogP contribution in [0.1, 0.15) is 39.0 Å². The molecule has 0 bridgehead atoms. The number of ether oxygens (including phenoxy) is 1. The standard InChI is InChI=1S/C13H21NO2/c1-11(15)16-13-8-5-9-14(10-13)12-6-3-2-4-7-12/h3,6,12-13H,2,4-5,7-10H2,1H3/t12-,13-/m1/s1. The van der Waals surface area contributed by atoms with E-state index in [2.05, 4.69) is 17.1 Å². The molecular formula is C13H21NO2. The van der Waals surface area contributed by atoms with E-state index in [1.807, 2.05) is 0 Å². The highest BCUT2D eigenvalue weighted by atomic mass is 16.5. The summed E-state index contributed by atoms with van der Waals surface area (Å²) in [5.41, 5.74) is 0. The third kappa shape index (κ3) is 3.08. The lowest BCUT2D eigenvalue weighted by atomic mass is 9.98. The predicted octanol–water partition coefficient (Wildman–Crippen LogP) is 2.12. The molecule has 0 saturated carbocycles. The minimum Gasteiger partial charge on any atom is -0.461 e. The first-order valence-corrected chi connectivity index (χ1v) is 6.33. The van der Waals surface area contributed by atoms with Gasteiger partial charge in [0.05, 0.1) is 0 Å². The van der Waals surface area contributed by atoms with Crippen molar-refractivity contribution in [2.24, 2.45) is 0 Å². The molecular weight excluding hydrogens is 202 g/mol. The first-order chi connectivity index (χ1) is 7.75. The largest absolute Gasteiger partial charge is 0.461 e. The predicted molar refractivity (Wildman–Crippen MR) is 63.1 cm³/mol. The number of likely N-dealkylation sites (tertiary alicyclic amines) is 1. The number of carbonyl (C=O) groups excluding carboxylic acids is 1. The van der Waals surface area contributed by atoms with E-state index < -0.39 is 0 Å². The van der Waals surface area contributed by atoms with Gasteiger partial charge >= 0.3 is 5.97 Å². The number of esters is 1. The highest BCUT2D eigenvalue weighted by molar-refractivity contribution is 5.66. The molecule has 0 amide bonds. The number of carbonyl (C=O) groups is 1. The van der Waals surface area contributed by atoms with Crippen LogP contribution in [0, 0.1) is 0 Å². The molecule has 2 aliphatic rings. The molecule has 0 aromatic rings. The Morgan fingerprint density at radius 1 is 1.38 bits per heavy atom. The van der Waals surface area contributed by atoms with Crippen molar-refractivity contribution in [1.82, 2.24) is 4.90 Å². The molecule has 0 N–H and O–H groups in total. The Balaban J connectivity index is 1.88. The molecule has 0 radical (unpaired) electrons. The summed E-state index contributed by atoms with van der Waals surface area (Å²) >= 11 is 0. The van der Waals surface area contributed by atoms with Crippen molar-refractivity contribution in [1.29, 1.82) is 0 Å². The Hall–Kier alpha value is -0.830. The Kier molecular flexibility index (Phi) is 3.99. The maximum Gasteiger partial charge on any atom is 0.302 e. The lowest BCUT2D eigenvalue weighted by molar-refractivity contribution is -0.149. The van der Waals surface area contributed by atoms with Crippen molar-refractivity contribution in [3.8, 4) is 0 Å². The summed E-state index contributed by atoms with van der Waals surface area (Å²) in [7, 11) is 0. The van der Waals surface area contributed by atoms with E-state index in [0.717, 1.165) is 25.9 Å². The van der Waals surface area contributed by atoms with Crippen LogP contribution in [-0.2, 0) is 9.53 Å². The maximum absolute atomic E-state index is 10.9. The number of allylic oxidation sites excluding steroid dienone is 1. The Bertz CT molecular complexity index is 275. The Morgan fingerprint density at radius 2 is 2.25 bits per heavy atom. The smallest absolute Gasteiger partial charge is 0.302 e. The van der Waals surface area contributed by atoms with E-state index >= 15 is 0 Å². The van der Waals surface area contributed by atoms with Crippen LogP contribution in [-0.4, -0.2) is 36.1 Å². The van der Waals surface area contributed by atoms with Gasteiger partial charge in [0.1, 0.15) is 6.10 Å². The van der Waals surface area contributed by atoms with Crippen molar-refractivity contribution in [2.45, 2.75) is 51.2 Å². The van der Waals surface area contributed by atoms with E-state index in [9.17, 15) is 4.79 Å². The van der Waals surface area contributed by atoms with Crippen molar-refractivity contribution in [2.75, 3.05) is 13.1 Å². The van der Waals surface area contributed by atoms with Crippen molar-refractivity contribution in [3.05, 3.63) is 12.2 Å². The van der Waals surface area contributed by atoms with Gasteiger partial charge in [-0.05, 0) is 38.6 Å². The summed E-state index contributed by atoms with van der Waals surface area (Å²) in [4.78, 5) is 13.4. The molecule has 0 aromatic heterocycles. The van der Waals surface area contributed by atoms with E-state index in [4.69, 9.17) is 4.74 Å². The second-order valence-electron chi connectivity index (χ2n) is 4.80. The SMILES string of the molecule is CC(=O)O[C@@H]1CCCN([C@@H]2C=CCCC2)C1. The van der Waals surface area contributed by atoms with Crippen LogP contribution in [0.4, 0.5) is 0 Å². The van der Waals surface area contributed by atoms with Crippen LogP contribution in [0.3, 0.4) is 0 Å². The Morgan fingerprint density at radius 3 is 2.94 bits per heavy atom. The highest BCUT2D eigenvalue weighted by Gasteiger charge is 2.26. The van der Waals surface area contributed by atoms with Gasteiger partial charge in [-0.25, -0.2) is 0 Å². The average Bonchev–Trinajstić information content (AvgIpc) is 2.30. The molecule has 1 saturated heterocycles. The molecule has 90 valence electrons. The van der Waals surface area contributed by atoms with Crippen LogP contribution in [0.25, 0.3) is 0 Å². The number of hydrogen-bond donors (Lipinski definition) is 0. The number of nitrogens with zero attached hydrogens (tertiary/aromatic N) is 1. The highest BCUT2D eigenvalue weighted by Crippen LogP contribution is 2.22. The fraction of sp³-hybridized carbons (Fsp3) is 0.769. The van der Waals surface area contributed by atoms with Crippen LogP contribution < -0.4 is 0 Å². The molecule has 0 unspecified atom stereocenters. The van der Waals surface area contributed by atoms with E-state index in [1.165, 1.54) is 26.2 Å². The molecule has 1 aliphatic heterocycles. The molecule has 16 heavy (non-hydrogen) atoms. The van der Waals surface area contributed by atoms with E-state index in [-0.39, 0.29) is 12.1 Å². The summed E-state index contributed by atoms with van der Waals surface area (Å²) in [5, 5.41) is 0. The minimum atomic E-state index is -0.147. The van der Waals surface area contributed by atoms with Crippen LogP contribution in [0.15, 0.2) is 12.2 Å². The normalized spacial score (nSPS) is 31.3. The lowest BCUT2D eigenvalue weighted by Crippen LogP contribution is -2.45. The second-order valence-corrected chi connectivity index (χ2v) is 4.80. The van der Waals surface area contributed by atoms with Gasteiger partial charge in [0.2, 0.25) is 0 Å². The summed E-state index contributed by atoms with van der Waals surface area (Å²) < 4.78 is 5.31. The lowest BCUT2D eigenvalue weighted by Gasteiger charge is -2.37. The van der Waals surface area contributed by atoms with Gasteiger partial charge in [-0.3, -0.25) is 9.69 Å². The van der Waals surface area contributed by atoms with Gasteiger partial charge < -0.3 is 4.74 Å². The first-order valence-electron chi connectivity index (χ1n) is 6.33. The number of rotatable bonds is 2. The summed E-state index contributed by atoms with van der Waals surface area (Å²) in [6.07, 6.45) is 10.6. The Labute approximate surface area is 97.5 Å². The number of hydrogen-bond acceptors (Lipinski definition) is 3. The third-order valence-electron chi connectivity index (χ3n) is 3.44. The molecule has 2 atom stereocenters. The van der Waals surface area contributed by atoms with Crippen LogP contribution in [0.2, 0.25) is 0 Å². The van der Waals surface area contributed by atoms with Gasteiger partial charge in [-0.2, -0.15) is 0 Å². The average molecular weight is 223 g/mol. The van der Waals surface area contributed by atoms with Crippen molar-refractivity contribution < 1.29 is 9.53 Å². The molecule has 1 heterocycles. The fourth-order valence-electron chi connectivity index (χ4n) is 2.70. The van der Waals surface area contributed by atoms with Gasteiger partial charge in [-0.15, -0.1) is 0 Å². The molecule has 0 aromatic carbocycles. The zero-order valence-corrected chi connectivity index (χ0v) is 10.0. The molecule has 3 nitrogen and oxygen atoms in total. The third-order valence-corrected chi connectivity index (χ3v) is 3.44. The topological polar surface area (TPSA) is 29.5 Å². The quantitative estimate of drug-likeness (QED) is 0.530. The molecule has 1 fully saturated rings. The first kappa shape index (κ1) is 11.6. The zero-order chi connectivity index (χ0) is 11.4. The monoisotopic (exact) mass is 223 g/mol. The summed E-state index contributed by atoms with van der Waals surface area (Å²) in [6, 6.07) is 0.576. The zero-order valence-electron chi connectivity index (χ0n) is 10.0. The summed E-state index contributed by atoms with van der Waals surface area (Å²) in [6.45, 7) is 3.56.